The van der Waals surface area contributed by atoms with Crippen LogP contribution in [0.5, 0.6) is 5.75 Å². The maximum atomic E-state index is 12.9. The first-order valence-electron chi connectivity index (χ1n) is 9.88. The number of carbonyl (C=O) groups is 1. The van der Waals surface area contributed by atoms with Crippen molar-refractivity contribution >= 4 is 21.6 Å². The number of anilines is 1. The van der Waals surface area contributed by atoms with Crippen molar-refractivity contribution in [1.82, 2.24) is 9.21 Å². The standard InChI is InChI=1S/C21H25F2N3O4S/c1-16-7-9-17(10-8-16)31(28,29)26-12-4-11-25(13-14-26)15-20(27)24-18-5-2-3-6-19(18)30-21(22)23/h2-3,5-10,21H,4,11-15H2,1H3,(H,24,27). The molecule has 0 saturated carbocycles. The molecule has 31 heavy (non-hydrogen) atoms. The summed E-state index contributed by atoms with van der Waals surface area (Å²) in [5, 5.41) is 2.59. The fraction of sp³-hybridized carbons (Fsp3) is 0.381. The summed E-state index contributed by atoms with van der Waals surface area (Å²) in [5.74, 6) is -0.503. The highest BCUT2D eigenvalue weighted by Crippen LogP contribution is 2.25. The molecule has 1 fully saturated rings. The van der Waals surface area contributed by atoms with Crippen LogP contribution in [0.4, 0.5) is 14.5 Å². The van der Waals surface area contributed by atoms with Crippen molar-refractivity contribution in [2.45, 2.75) is 24.9 Å². The molecule has 3 rings (SSSR count). The maximum Gasteiger partial charge on any atom is 0.387 e. The third-order valence-corrected chi connectivity index (χ3v) is 6.86. The molecule has 168 valence electrons. The molecule has 2 aromatic carbocycles. The molecule has 1 aliphatic rings. The Hall–Kier alpha value is -2.56. The van der Waals surface area contributed by atoms with Crippen LogP contribution in [0.2, 0.25) is 0 Å². The van der Waals surface area contributed by atoms with Gasteiger partial charge in [-0.2, -0.15) is 13.1 Å². The smallest absolute Gasteiger partial charge is 0.387 e. The molecule has 1 amide bonds. The minimum atomic E-state index is -3.60. The zero-order valence-electron chi connectivity index (χ0n) is 17.1. The zero-order chi connectivity index (χ0) is 22.4. The van der Waals surface area contributed by atoms with Crippen molar-refractivity contribution in [3.63, 3.8) is 0 Å². The molecule has 1 aliphatic heterocycles. The Morgan fingerprint density at radius 1 is 1.06 bits per heavy atom. The Labute approximate surface area is 180 Å². The Morgan fingerprint density at radius 3 is 2.48 bits per heavy atom. The number of ether oxygens (including phenoxy) is 1. The van der Waals surface area contributed by atoms with Gasteiger partial charge in [0, 0.05) is 19.6 Å². The lowest BCUT2D eigenvalue weighted by Gasteiger charge is -2.21. The van der Waals surface area contributed by atoms with E-state index >= 15 is 0 Å². The summed E-state index contributed by atoms with van der Waals surface area (Å²) < 4.78 is 56.7. The molecule has 0 aliphatic carbocycles. The predicted molar refractivity (Wildman–Crippen MR) is 113 cm³/mol. The van der Waals surface area contributed by atoms with E-state index in [2.05, 4.69) is 10.1 Å². The quantitative estimate of drug-likeness (QED) is 0.698. The number of amides is 1. The molecule has 10 heteroatoms. The molecule has 1 heterocycles. The van der Waals surface area contributed by atoms with E-state index in [1.165, 1.54) is 22.5 Å². The summed E-state index contributed by atoms with van der Waals surface area (Å²) in [4.78, 5) is 14.5. The number of nitrogens with zero attached hydrogens (tertiary/aromatic N) is 2. The number of sulfonamides is 1. The van der Waals surface area contributed by atoms with Crippen molar-refractivity contribution in [2.24, 2.45) is 0 Å². The van der Waals surface area contributed by atoms with E-state index in [9.17, 15) is 22.0 Å². The summed E-state index contributed by atoms with van der Waals surface area (Å²) in [6, 6.07) is 12.7. The third kappa shape index (κ3) is 6.22. The molecule has 0 bridgehead atoms. The minimum absolute atomic E-state index is 0.0153. The number of para-hydroxylation sites is 2. The van der Waals surface area contributed by atoms with Crippen LogP contribution in [-0.2, 0) is 14.8 Å². The molecule has 0 atom stereocenters. The van der Waals surface area contributed by atoms with Crippen LogP contribution in [0.25, 0.3) is 0 Å². The highest BCUT2D eigenvalue weighted by Gasteiger charge is 2.27. The van der Waals surface area contributed by atoms with E-state index in [1.807, 2.05) is 11.8 Å². The summed E-state index contributed by atoms with van der Waals surface area (Å²) in [6.45, 7) is 0.458. The second kappa shape index (κ2) is 10.2. The Bertz CT molecular complexity index is 1000. The van der Waals surface area contributed by atoms with E-state index < -0.39 is 16.6 Å². The number of aryl methyl sites for hydroxylation is 1. The largest absolute Gasteiger partial charge is 0.433 e. The van der Waals surface area contributed by atoms with Gasteiger partial charge < -0.3 is 10.1 Å². The van der Waals surface area contributed by atoms with E-state index in [1.54, 1.807) is 30.3 Å². The van der Waals surface area contributed by atoms with Crippen LogP contribution in [0, 0.1) is 6.92 Å². The van der Waals surface area contributed by atoms with E-state index in [0.717, 1.165) is 5.56 Å². The lowest BCUT2D eigenvalue weighted by molar-refractivity contribution is -0.117. The van der Waals surface area contributed by atoms with Gasteiger partial charge in [-0.05, 0) is 44.2 Å². The number of alkyl halides is 2. The lowest BCUT2D eigenvalue weighted by atomic mass is 10.2. The summed E-state index contributed by atoms with van der Waals surface area (Å²) in [6.07, 6.45) is 0.573. The second-order valence-electron chi connectivity index (χ2n) is 7.27. The molecule has 1 N–H and O–H groups in total. The molecular weight excluding hydrogens is 428 g/mol. The summed E-state index contributed by atoms with van der Waals surface area (Å²) >= 11 is 0. The Morgan fingerprint density at radius 2 is 1.77 bits per heavy atom. The molecule has 7 nitrogen and oxygen atoms in total. The molecule has 0 unspecified atom stereocenters. The van der Waals surface area contributed by atoms with Gasteiger partial charge in [-0.3, -0.25) is 9.69 Å². The molecule has 0 spiro atoms. The van der Waals surface area contributed by atoms with Crippen LogP contribution in [0.1, 0.15) is 12.0 Å². The summed E-state index contributed by atoms with van der Waals surface area (Å²) in [7, 11) is -3.60. The first kappa shape index (κ1) is 23.1. The average molecular weight is 454 g/mol. The fourth-order valence-corrected chi connectivity index (χ4v) is 4.84. The van der Waals surface area contributed by atoms with Gasteiger partial charge in [0.25, 0.3) is 0 Å². The van der Waals surface area contributed by atoms with Crippen LogP contribution in [-0.4, -0.2) is 62.9 Å². The van der Waals surface area contributed by atoms with Gasteiger partial charge in [-0.25, -0.2) is 8.42 Å². The number of rotatable bonds is 7. The second-order valence-corrected chi connectivity index (χ2v) is 9.21. The van der Waals surface area contributed by atoms with Crippen LogP contribution in [0.3, 0.4) is 0 Å². The summed E-state index contributed by atoms with van der Waals surface area (Å²) in [5.41, 5.74) is 1.14. The van der Waals surface area contributed by atoms with Crippen LogP contribution >= 0.6 is 0 Å². The monoisotopic (exact) mass is 453 g/mol. The number of halogens is 2. The number of benzene rings is 2. The van der Waals surface area contributed by atoms with Crippen molar-refractivity contribution < 1.29 is 26.7 Å². The van der Waals surface area contributed by atoms with Crippen LogP contribution < -0.4 is 10.1 Å². The van der Waals surface area contributed by atoms with Gasteiger partial charge in [-0.1, -0.05) is 29.8 Å². The topological polar surface area (TPSA) is 79.0 Å². The SMILES string of the molecule is Cc1ccc(S(=O)(=O)N2CCCN(CC(=O)Nc3ccccc3OC(F)F)CC2)cc1. The van der Waals surface area contributed by atoms with Gasteiger partial charge in [-0.15, -0.1) is 0 Å². The fourth-order valence-electron chi connectivity index (χ4n) is 3.37. The highest BCUT2D eigenvalue weighted by atomic mass is 32.2. The van der Waals surface area contributed by atoms with E-state index in [4.69, 9.17) is 0 Å². The number of carbonyl (C=O) groups excluding carboxylic acids is 1. The Kier molecular flexibility index (Phi) is 7.58. The molecule has 1 saturated heterocycles. The highest BCUT2D eigenvalue weighted by molar-refractivity contribution is 7.89. The van der Waals surface area contributed by atoms with Gasteiger partial charge in [0.2, 0.25) is 15.9 Å². The molecular formula is C21H25F2N3O4S. The van der Waals surface area contributed by atoms with Crippen molar-refractivity contribution in [3.05, 3.63) is 54.1 Å². The Balaban J connectivity index is 1.59. The van der Waals surface area contributed by atoms with Gasteiger partial charge in [0.05, 0.1) is 17.1 Å². The normalized spacial score (nSPS) is 16.1. The number of nitrogens with one attached hydrogen (secondary N) is 1. The van der Waals surface area contributed by atoms with Crippen molar-refractivity contribution in [2.75, 3.05) is 38.0 Å². The minimum Gasteiger partial charge on any atom is -0.433 e. The number of hydrogen-bond acceptors (Lipinski definition) is 5. The molecule has 0 radical (unpaired) electrons. The van der Waals surface area contributed by atoms with E-state index in [0.29, 0.717) is 26.1 Å². The average Bonchev–Trinajstić information content (AvgIpc) is 2.95. The van der Waals surface area contributed by atoms with Crippen molar-refractivity contribution in [1.29, 1.82) is 0 Å². The third-order valence-electron chi connectivity index (χ3n) is 4.95. The maximum absolute atomic E-state index is 12.9. The van der Waals surface area contributed by atoms with Gasteiger partial charge in [0.15, 0.2) is 0 Å². The van der Waals surface area contributed by atoms with Crippen LogP contribution in [0.15, 0.2) is 53.4 Å². The van der Waals surface area contributed by atoms with E-state index in [-0.39, 0.29) is 35.3 Å². The first-order valence-corrected chi connectivity index (χ1v) is 11.3. The number of hydrogen-bond donors (Lipinski definition) is 1. The predicted octanol–water partition coefficient (Wildman–Crippen LogP) is 2.93. The van der Waals surface area contributed by atoms with Gasteiger partial charge in [0.1, 0.15) is 5.75 Å². The molecule has 0 aromatic heterocycles. The zero-order valence-corrected chi connectivity index (χ0v) is 17.9. The van der Waals surface area contributed by atoms with Crippen molar-refractivity contribution in [3.8, 4) is 5.75 Å². The molecule has 2 aromatic rings. The van der Waals surface area contributed by atoms with Gasteiger partial charge >= 0.3 is 6.61 Å². The lowest BCUT2D eigenvalue weighted by Crippen LogP contribution is -2.38. The first-order chi connectivity index (χ1) is 14.8.